The zero-order chi connectivity index (χ0) is 13.9. The van der Waals surface area contributed by atoms with Gasteiger partial charge in [-0.2, -0.15) is 0 Å². The summed E-state index contributed by atoms with van der Waals surface area (Å²) >= 11 is 3.48. The minimum absolute atomic E-state index is 0.00584. The first-order valence-corrected chi connectivity index (χ1v) is 7.53. The fraction of sp³-hybridized carbons (Fsp3) is 0.250. The van der Waals surface area contributed by atoms with Crippen LogP contribution in [0.5, 0.6) is 0 Å². The van der Waals surface area contributed by atoms with Gasteiger partial charge < -0.3 is 5.32 Å². The van der Waals surface area contributed by atoms with Crippen LogP contribution >= 0.6 is 15.9 Å². The van der Waals surface area contributed by atoms with Gasteiger partial charge in [-0.1, -0.05) is 15.9 Å². The van der Waals surface area contributed by atoms with Crippen molar-refractivity contribution in [3.05, 3.63) is 52.8 Å². The van der Waals surface area contributed by atoms with Crippen molar-refractivity contribution in [1.82, 2.24) is 10.3 Å². The number of rotatable bonds is 3. The number of halogens is 1. The van der Waals surface area contributed by atoms with Gasteiger partial charge in [0.25, 0.3) is 5.91 Å². The average Bonchev–Trinajstić information content (AvgIpc) is 2.43. The molecule has 0 radical (unpaired) electrons. The van der Waals surface area contributed by atoms with Gasteiger partial charge in [-0.05, 0) is 60.7 Å². The monoisotopic (exact) mass is 330 g/mol. The molecule has 3 rings (SSSR count). The predicted octanol–water partition coefficient (Wildman–Crippen LogP) is 3.79. The van der Waals surface area contributed by atoms with Gasteiger partial charge >= 0.3 is 0 Å². The summed E-state index contributed by atoms with van der Waals surface area (Å²) in [6.45, 7) is 0. The Morgan fingerprint density at radius 1 is 1.15 bits per heavy atom. The van der Waals surface area contributed by atoms with Gasteiger partial charge in [0.2, 0.25) is 0 Å². The molecule has 0 unspecified atom stereocenters. The van der Waals surface area contributed by atoms with E-state index in [0.717, 1.165) is 28.4 Å². The molecule has 0 saturated heterocycles. The van der Waals surface area contributed by atoms with Crippen LogP contribution in [0.3, 0.4) is 0 Å². The number of aromatic nitrogens is 1. The van der Waals surface area contributed by atoms with Crippen LogP contribution in [-0.4, -0.2) is 16.9 Å². The van der Waals surface area contributed by atoms with E-state index in [1.165, 1.54) is 6.42 Å². The predicted molar refractivity (Wildman–Crippen MR) is 82.5 cm³/mol. The van der Waals surface area contributed by atoms with E-state index in [1.807, 2.05) is 30.3 Å². The molecule has 1 heterocycles. The van der Waals surface area contributed by atoms with Crippen LogP contribution in [0.2, 0.25) is 0 Å². The second kappa shape index (κ2) is 5.75. The van der Waals surface area contributed by atoms with Crippen LogP contribution < -0.4 is 5.32 Å². The molecule has 1 N–H and O–H groups in total. The van der Waals surface area contributed by atoms with Crippen molar-refractivity contribution in [3.63, 3.8) is 0 Å². The topological polar surface area (TPSA) is 42.0 Å². The van der Waals surface area contributed by atoms with Crippen molar-refractivity contribution in [2.24, 2.45) is 0 Å². The smallest absolute Gasteiger partial charge is 0.251 e. The van der Waals surface area contributed by atoms with Gasteiger partial charge in [-0.3, -0.25) is 9.78 Å². The number of nitrogens with one attached hydrogen (secondary N) is 1. The summed E-state index contributed by atoms with van der Waals surface area (Å²) in [7, 11) is 0. The molecule has 20 heavy (non-hydrogen) atoms. The van der Waals surface area contributed by atoms with Crippen molar-refractivity contribution in [2.75, 3.05) is 0 Å². The Kier molecular flexibility index (Phi) is 3.83. The molecule has 1 aliphatic rings. The number of nitrogens with zero attached hydrogens (tertiary/aromatic N) is 1. The Hall–Kier alpha value is -1.68. The molecule has 1 saturated carbocycles. The van der Waals surface area contributed by atoms with Gasteiger partial charge in [0.1, 0.15) is 0 Å². The van der Waals surface area contributed by atoms with Crippen LogP contribution in [0.1, 0.15) is 29.6 Å². The summed E-state index contributed by atoms with van der Waals surface area (Å²) < 4.78 is 0.908. The molecular formula is C16H15BrN2O. The molecule has 0 bridgehead atoms. The largest absolute Gasteiger partial charge is 0.349 e. The first kappa shape index (κ1) is 13.3. The SMILES string of the molecule is O=C(NC1CCC1)c1cc(Br)cc(-c2ccncc2)c1. The molecule has 4 heteroatoms. The summed E-state index contributed by atoms with van der Waals surface area (Å²) in [4.78, 5) is 16.3. The average molecular weight is 331 g/mol. The third-order valence-corrected chi connectivity index (χ3v) is 4.07. The Balaban J connectivity index is 1.88. The third-order valence-electron chi connectivity index (χ3n) is 3.61. The molecule has 102 valence electrons. The Morgan fingerprint density at radius 2 is 1.90 bits per heavy atom. The van der Waals surface area contributed by atoms with Crippen LogP contribution in [0, 0.1) is 0 Å². The highest BCUT2D eigenvalue weighted by Crippen LogP contribution is 2.25. The quantitative estimate of drug-likeness (QED) is 0.930. The minimum atomic E-state index is 0.00584. The summed E-state index contributed by atoms with van der Waals surface area (Å²) in [6, 6.07) is 10.0. The van der Waals surface area contributed by atoms with Gasteiger partial charge in [0.15, 0.2) is 0 Å². The third kappa shape index (κ3) is 2.90. The highest BCUT2D eigenvalue weighted by molar-refractivity contribution is 9.10. The van der Waals surface area contributed by atoms with Crippen molar-refractivity contribution in [1.29, 1.82) is 0 Å². The van der Waals surface area contributed by atoms with E-state index >= 15 is 0 Å². The Labute approximate surface area is 126 Å². The standard InChI is InChI=1S/C16H15BrN2O/c17-14-9-12(11-4-6-18-7-5-11)8-13(10-14)16(20)19-15-2-1-3-15/h4-10,15H,1-3H2,(H,19,20). The van der Waals surface area contributed by atoms with Crippen LogP contribution in [0.15, 0.2) is 47.2 Å². The van der Waals surface area contributed by atoms with Crippen molar-refractivity contribution in [3.8, 4) is 11.1 Å². The molecule has 1 aromatic carbocycles. The van der Waals surface area contributed by atoms with Crippen molar-refractivity contribution >= 4 is 21.8 Å². The van der Waals surface area contributed by atoms with E-state index in [4.69, 9.17) is 0 Å². The lowest BCUT2D eigenvalue weighted by molar-refractivity contribution is 0.0917. The van der Waals surface area contributed by atoms with E-state index < -0.39 is 0 Å². The van der Waals surface area contributed by atoms with E-state index in [-0.39, 0.29) is 5.91 Å². The number of benzene rings is 1. The Morgan fingerprint density at radius 3 is 2.55 bits per heavy atom. The number of amides is 1. The fourth-order valence-corrected chi connectivity index (χ4v) is 2.75. The highest BCUT2D eigenvalue weighted by atomic mass is 79.9. The normalized spacial score (nSPS) is 14.7. The number of carbonyl (C=O) groups is 1. The lowest BCUT2D eigenvalue weighted by Crippen LogP contribution is -2.39. The lowest BCUT2D eigenvalue weighted by atomic mass is 9.93. The zero-order valence-corrected chi connectivity index (χ0v) is 12.6. The first-order valence-electron chi connectivity index (χ1n) is 6.74. The number of carbonyl (C=O) groups excluding carboxylic acids is 1. The van der Waals surface area contributed by atoms with Crippen molar-refractivity contribution < 1.29 is 4.79 Å². The number of pyridine rings is 1. The maximum Gasteiger partial charge on any atom is 0.251 e. The van der Waals surface area contributed by atoms with Crippen molar-refractivity contribution in [2.45, 2.75) is 25.3 Å². The van der Waals surface area contributed by atoms with Crippen LogP contribution in [-0.2, 0) is 0 Å². The van der Waals surface area contributed by atoms with Crippen LogP contribution in [0.4, 0.5) is 0 Å². The molecule has 0 atom stereocenters. The molecule has 2 aromatic rings. The first-order chi connectivity index (χ1) is 9.72. The molecule has 1 fully saturated rings. The number of hydrogen-bond acceptors (Lipinski definition) is 2. The molecule has 0 aliphatic heterocycles. The van der Waals surface area contributed by atoms with E-state index in [9.17, 15) is 4.79 Å². The molecule has 1 aliphatic carbocycles. The van der Waals surface area contributed by atoms with Crippen LogP contribution in [0.25, 0.3) is 11.1 Å². The van der Waals surface area contributed by atoms with Gasteiger partial charge in [-0.25, -0.2) is 0 Å². The van der Waals surface area contributed by atoms with Gasteiger partial charge in [0.05, 0.1) is 0 Å². The summed E-state index contributed by atoms with van der Waals surface area (Å²) in [6.07, 6.45) is 6.91. The summed E-state index contributed by atoms with van der Waals surface area (Å²) in [5.41, 5.74) is 2.76. The molecule has 1 aromatic heterocycles. The molecule has 3 nitrogen and oxygen atoms in total. The molecule has 1 amide bonds. The maximum absolute atomic E-state index is 12.2. The highest BCUT2D eigenvalue weighted by Gasteiger charge is 2.20. The summed E-state index contributed by atoms with van der Waals surface area (Å²) in [5, 5.41) is 3.07. The summed E-state index contributed by atoms with van der Waals surface area (Å²) in [5.74, 6) is 0.00584. The van der Waals surface area contributed by atoms with E-state index in [0.29, 0.717) is 11.6 Å². The van der Waals surface area contributed by atoms with Gasteiger partial charge in [-0.15, -0.1) is 0 Å². The minimum Gasteiger partial charge on any atom is -0.349 e. The molecular weight excluding hydrogens is 316 g/mol. The zero-order valence-electron chi connectivity index (χ0n) is 11.0. The van der Waals surface area contributed by atoms with E-state index in [2.05, 4.69) is 26.2 Å². The van der Waals surface area contributed by atoms with E-state index in [1.54, 1.807) is 12.4 Å². The van der Waals surface area contributed by atoms with Gasteiger partial charge in [0, 0.05) is 28.5 Å². The lowest BCUT2D eigenvalue weighted by Gasteiger charge is -2.26. The second-order valence-corrected chi connectivity index (χ2v) is 5.98. The second-order valence-electron chi connectivity index (χ2n) is 5.07. The maximum atomic E-state index is 12.2. The fourth-order valence-electron chi connectivity index (χ4n) is 2.25. The number of hydrogen-bond donors (Lipinski definition) is 1. The Bertz CT molecular complexity index is 624. The molecule has 0 spiro atoms.